The van der Waals surface area contributed by atoms with Crippen molar-refractivity contribution >= 4 is 17.5 Å². The van der Waals surface area contributed by atoms with Crippen LogP contribution < -0.4 is 10.6 Å². The van der Waals surface area contributed by atoms with Gasteiger partial charge >= 0.3 is 0 Å². The third kappa shape index (κ3) is 4.78. The van der Waals surface area contributed by atoms with Crippen LogP contribution in [-0.2, 0) is 6.42 Å². The first-order chi connectivity index (χ1) is 11.8. The van der Waals surface area contributed by atoms with Crippen molar-refractivity contribution in [1.82, 2.24) is 15.2 Å². The molecule has 3 rings (SSSR count). The molecule has 3 aromatic rings. The Balaban J connectivity index is 1.50. The Hall–Kier alpha value is -2.95. The van der Waals surface area contributed by atoms with Gasteiger partial charge in [-0.05, 0) is 37.5 Å². The van der Waals surface area contributed by atoms with Crippen molar-refractivity contribution in [3.8, 4) is 0 Å². The molecule has 0 aliphatic rings. The number of nitrogens with zero attached hydrogens (tertiary/aromatic N) is 3. The molecule has 0 saturated carbocycles. The maximum absolute atomic E-state index is 4.44. The Bertz CT molecular complexity index is 756. The first-order valence-corrected chi connectivity index (χ1v) is 8.11. The van der Waals surface area contributed by atoms with Crippen molar-refractivity contribution in [2.24, 2.45) is 0 Å². The molecule has 0 bridgehead atoms. The monoisotopic (exact) mass is 319 g/mol. The minimum Gasteiger partial charge on any atom is -0.353 e. The highest BCUT2D eigenvalue weighted by atomic mass is 15.3. The van der Waals surface area contributed by atoms with Crippen LogP contribution in [0.4, 0.5) is 17.5 Å². The average molecular weight is 319 g/mol. The molecule has 0 radical (unpaired) electrons. The molecule has 2 N–H and O–H groups in total. The van der Waals surface area contributed by atoms with Gasteiger partial charge < -0.3 is 10.6 Å². The summed E-state index contributed by atoms with van der Waals surface area (Å²) in [6, 6.07) is 18.6. The molecule has 1 heterocycles. The first kappa shape index (κ1) is 15.9. The Labute approximate surface area is 142 Å². The van der Waals surface area contributed by atoms with Crippen LogP contribution in [0.15, 0.2) is 60.8 Å². The molecule has 5 heteroatoms. The first-order valence-electron chi connectivity index (χ1n) is 8.11. The van der Waals surface area contributed by atoms with E-state index in [0.29, 0.717) is 11.8 Å². The molecular formula is C19H21N5. The zero-order valence-corrected chi connectivity index (χ0v) is 13.7. The van der Waals surface area contributed by atoms with Gasteiger partial charge in [0.2, 0.25) is 5.95 Å². The van der Waals surface area contributed by atoms with Crippen molar-refractivity contribution in [3.05, 3.63) is 71.9 Å². The molecule has 5 nitrogen and oxygen atoms in total. The van der Waals surface area contributed by atoms with Crippen LogP contribution in [0.25, 0.3) is 0 Å². The van der Waals surface area contributed by atoms with Crippen molar-refractivity contribution < 1.29 is 0 Å². The number of rotatable bonds is 7. The van der Waals surface area contributed by atoms with E-state index >= 15 is 0 Å². The lowest BCUT2D eigenvalue weighted by Gasteiger charge is -2.08. The van der Waals surface area contributed by atoms with Crippen LogP contribution in [0.5, 0.6) is 0 Å². The predicted octanol–water partition coefficient (Wildman–Crippen LogP) is 3.97. The average Bonchev–Trinajstić information content (AvgIpc) is 2.62. The standard InChI is InChI=1S/C19H21N5/c1-15-9-11-17(12-10-15)22-18-14-21-24-19(23-18)20-13-5-8-16-6-3-2-4-7-16/h2-4,6-7,9-12,14H,5,8,13H2,1H3,(H2,20,22,23,24). The lowest BCUT2D eigenvalue weighted by Crippen LogP contribution is -2.08. The topological polar surface area (TPSA) is 62.7 Å². The number of hydrogen-bond donors (Lipinski definition) is 2. The van der Waals surface area contributed by atoms with Crippen molar-refractivity contribution in [1.29, 1.82) is 0 Å². The van der Waals surface area contributed by atoms with Gasteiger partial charge in [-0.2, -0.15) is 10.1 Å². The summed E-state index contributed by atoms with van der Waals surface area (Å²) in [4.78, 5) is 4.44. The highest BCUT2D eigenvalue weighted by Crippen LogP contribution is 2.15. The number of anilines is 3. The van der Waals surface area contributed by atoms with Crippen LogP contribution >= 0.6 is 0 Å². The highest BCUT2D eigenvalue weighted by Gasteiger charge is 2.01. The van der Waals surface area contributed by atoms with Gasteiger partial charge in [0.15, 0.2) is 5.82 Å². The summed E-state index contributed by atoms with van der Waals surface area (Å²) in [5, 5.41) is 14.5. The van der Waals surface area contributed by atoms with Gasteiger partial charge in [-0.15, -0.1) is 5.10 Å². The van der Waals surface area contributed by atoms with Crippen LogP contribution in [0.3, 0.4) is 0 Å². The van der Waals surface area contributed by atoms with E-state index in [9.17, 15) is 0 Å². The van der Waals surface area contributed by atoms with Gasteiger partial charge in [-0.25, -0.2) is 0 Å². The fourth-order valence-corrected chi connectivity index (χ4v) is 2.36. The molecule has 0 atom stereocenters. The Kier molecular flexibility index (Phi) is 5.35. The summed E-state index contributed by atoms with van der Waals surface area (Å²) in [6.07, 6.45) is 3.67. The molecule has 0 spiro atoms. The fraction of sp³-hybridized carbons (Fsp3) is 0.211. The predicted molar refractivity (Wildman–Crippen MR) is 97.5 cm³/mol. The lowest BCUT2D eigenvalue weighted by molar-refractivity contribution is 0.843. The third-order valence-electron chi connectivity index (χ3n) is 3.65. The van der Waals surface area contributed by atoms with Crippen LogP contribution in [0.2, 0.25) is 0 Å². The molecule has 0 aliphatic carbocycles. The Morgan fingerprint density at radius 2 is 1.75 bits per heavy atom. The van der Waals surface area contributed by atoms with E-state index < -0.39 is 0 Å². The van der Waals surface area contributed by atoms with Gasteiger partial charge in [0.1, 0.15) is 0 Å². The van der Waals surface area contributed by atoms with Gasteiger partial charge in [-0.3, -0.25) is 0 Å². The molecule has 2 aromatic carbocycles. The zero-order chi connectivity index (χ0) is 16.6. The summed E-state index contributed by atoms with van der Waals surface area (Å²) in [5.41, 5.74) is 3.55. The molecule has 0 amide bonds. The molecule has 24 heavy (non-hydrogen) atoms. The van der Waals surface area contributed by atoms with Gasteiger partial charge in [0, 0.05) is 12.2 Å². The van der Waals surface area contributed by atoms with E-state index in [1.165, 1.54) is 11.1 Å². The van der Waals surface area contributed by atoms with Crippen molar-refractivity contribution in [2.45, 2.75) is 19.8 Å². The minimum absolute atomic E-state index is 0.542. The number of aromatic nitrogens is 3. The van der Waals surface area contributed by atoms with E-state index in [1.54, 1.807) is 6.20 Å². The maximum Gasteiger partial charge on any atom is 0.244 e. The van der Waals surface area contributed by atoms with Crippen LogP contribution in [0.1, 0.15) is 17.5 Å². The van der Waals surface area contributed by atoms with Gasteiger partial charge in [-0.1, -0.05) is 48.0 Å². The van der Waals surface area contributed by atoms with E-state index in [0.717, 1.165) is 25.1 Å². The van der Waals surface area contributed by atoms with E-state index in [2.05, 4.69) is 69.1 Å². The molecule has 122 valence electrons. The quantitative estimate of drug-likeness (QED) is 0.645. The Morgan fingerprint density at radius 1 is 0.958 bits per heavy atom. The summed E-state index contributed by atoms with van der Waals surface area (Å²) in [5.74, 6) is 1.22. The largest absolute Gasteiger partial charge is 0.353 e. The number of hydrogen-bond acceptors (Lipinski definition) is 5. The second-order valence-corrected chi connectivity index (χ2v) is 5.67. The van der Waals surface area contributed by atoms with E-state index in [4.69, 9.17) is 0 Å². The van der Waals surface area contributed by atoms with Crippen molar-refractivity contribution in [3.63, 3.8) is 0 Å². The zero-order valence-electron chi connectivity index (χ0n) is 13.7. The van der Waals surface area contributed by atoms with Crippen LogP contribution in [0, 0.1) is 6.92 Å². The minimum atomic E-state index is 0.542. The second-order valence-electron chi connectivity index (χ2n) is 5.67. The molecular weight excluding hydrogens is 298 g/mol. The number of nitrogens with one attached hydrogen (secondary N) is 2. The summed E-state index contributed by atoms with van der Waals surface area (Å²) >= 11 is 0. The molecule has 1 aromatic heterocycles. The third-order valence-corrected chi connectivity index (χ3v) is 3.65. The normalized spacial score (nSPS) is 10.4. The lowest BCUT2D eigenvalue weighted by atomic mass is 10.1. The summed E-state index contributed by atoms with van der Waals surface area (Å²) in [6.45, 7) is 2.87. The SMILES string of the molecule is Cc1ccc(Nc2cnnc(NCCCc3ccccc3)n2)cc1. The molecule has 0 saturated heterocycles. The van der Waals surface area contributed by atoms with E-state index in [1.807, 2.05) is 18.2 Å². The van der Waals surface area contributed by atoms with E-state index in [-0.39, 0.29) is 0 Å². The number of aryl methyl sites for hydroxylation is 2. The molecule has 0 fully saturated rings. The number of benzene rings is 2. The molecule has 0 unspecified atom stereocenters. The van der Waals surface area contributed by atoms with Gasteiger partial charge in [0.25, 0.3) is 0 Å². The summed E-state index contributed by atoms with van der Waals surface area (Å²) < 4.78 is 0. The Morgan fingerprint density at radius 3 is 2.54 bits per heavy atom. The second kappa shape index (κ2) is 8.06. The van der Waals surface area contributed by atoms with Crippen LogP contribution in [-0.4, -0.2) is 21.7 Å². The highest BCUT2D eigenvalue weighted by molar-refractivity contribution is 5.56. The van der Waals surface area contributed by atoms with Gasteiger partial charge in [0.05, 0.1) is 6.20 Å². The summed E-state index contributed by atoms with van der Waals surface area (Å²) in [7, 11) is 0. The van der Waals surface area contributed by atoms with Crippen molar-refractivity contribution in [2.75, 3.05) is 17.2 Å². The fourth-order valence-electron chi connectivity index (χ4n) is 2.36. The maximum atomic E-state index is 4.44. The molecule has 0 aliphatic heterocycles. The smallest absolute Gasteiger partial charge is 0.244 e.